The van der Waals surface area contributed by atoms with Crippen molar-refractivity contribution in [3.8, 4) is 0 Å². The van der Waals surface area contributed by atoms with E-state index in [0.717, 1.165) is 12.1 Å². The van der Waals surface area contributed by atoms with E-state index in [1.807, 2.05) is 6.07 Å². The average molecular weight is 405 g/mol. The molecule has 1 heterocycles. The Kier molecular flexibility index (Phi) is 6.22. The molecule has 0 aromatic heterocycles. The fourth-order valence-electron chi connectivity index (χ4n) is 3.34. The smallest absolute Gasteiger partial charge is 0.338 e. The molecule has 29 heavy (non-hydrogen) atoms. The highest BCUT2D eigenvalue weighted by Crippen LogP contribution is 2.29. The lowest BCUT2D eigenvalue weighted by molar-refractivity contribution is -0.137. The molecule has 0 radical (unpaired) electrons. The number of hydrogen-bond acceptors (Lipinski definition) is 3. The number of halogens is 3. The van der Waals surface area contributed by atoms with Crippen LogP contribution in [0.4, 0.5) is 13.2 Å². The third kappa shape index (κ3) is 5.14. The molecule has 0 aliphatic carbocycles. The molecule has 0 saturated carbocycles. The average Bonchev–Trinajstić information content (AvgIpc) is 2.73. The maximum absolute atomic E-state index is 12.8. The summed E-state index contributed by atoms with van der Waals surface area (Å²) in [5.74, 6) is -0.416. The summed E-state index contributed by atoms with van der Waals surface area (Å²) in [6.07, 6.45) is -4.42. The summed E-state index contributed by atoms with van der Waals surface area (Å²) in [5.41, 5.74) is 6.16. The first-order valence-electron chi connectivity index (χ1n) is 9.30. The Hall–Kier alpha value is -2.87. The minimum atomic E-state index is -4.44. The van der Waals surface area contributed by atoms with Crippen molar-refractivity contribution >= 4 is 11.8 Å². The molecule has 8 heteroatoms. The highest BCUT2D eigenvalue weighted by atomic mass is 19.4. The van der Waals surface area contributed by atoms with Gasteiger partial charge in [-0.05, 0) is 30.2 Å². The molecule has 154 valence electrons. The van der Waals surface area contributed by atoms with Crippen molar-refractivity contribution < 1.29 is 22.8 Å². The summed E-state index contributed by atoms with van der Waals surface area (Å²) in [6.45, 7) is 1.45. The van der Waals surface area contributed by atoms with E-state index in [4.69, 9.17) is 5.73 Å². The van der Waals surface area contributed by atoms with Crippen molar-refractivity contribution in [1.29, 1.82) is 0 Å². The summed E-state index contributed by atoms with van der Waals surface area (Å²) in [6, 6.07) is 12.8. The molecule has 5 nitrogen and oxygen atoms in total. The van der Waals surface area contributed by atoms with Gasteiger partial charge in [-0.1, -0.05) is 36.4 Å². The van der Waals surface area contributed by atoms with Gasteiger partial charge in [-0.2, -0.15) is 13.2 Å². The van der Waals surface area contributed by atoms with E-state index < -0.39 is 17.8 Å². The van der Waals surface area contributed by atoms with E-state index in [0.29, 0.717) is 37.3 Å². The van der Waals surface area contributed by atoms with Crippen LogP contribution in [-0.2, 0) is 17.4 Å². The van der Waals surface area contributed by atoms with Gasteiger partial charge in [0.05, 0.1) is 11.6 Å². The summed E-state index contributed by atoms with van der Waals surface area (Å²) in [5, 5.41) is 0. The van der Waals surface area contributed by atoms with Crippen LogP contribution in [0.1, 0.15) is 21.5 Å². The molecule has 3 rings (SSSR count). The highest BCUT2D eigenvalue weighted by molar-refractivity contribution is 5.94. The monoisotopic (exact) mass is 405 g/mol. The van der Waals surface area contributed by atoms with Crippen molar-refractivity contribution in [3.05, 3.63) is 71.3 Å². The van der Waals surface area contributed by atoms with Gasteiger partial charge in [0.1, 0.15) is 0 Å². The van der Waals surface area contributed by atoms with E-state index in [-0.39, 0.29) is 18.2 Å². The lowest BCUT2D eigenvalue weighted by Crippen LogP contribution is -2.54. The third-order valence-corrected chi connectivity index (χ3v) is 4.93. The third-order valence-electron chi connectivity index (χ3n) is 4.93. The largest absolute Gasteiger partial charge is 0.416 e. The normalized spacial score (nSPS) is 15.9. The second kappa shape index (κ2) is 8.65. The number of hydrogen-bond donors (Lipinski definition) is 1. The van der Waals surface area contributed by atoms with Crippen LogP contribution in [-0.4, -0.2) is 53.8 Å². The van der Waals surface area contributed by atoms with Gasteiger partial charge in [0.2, 0.25) is 5.91 Å². The quantitative estimate of drug-likeness (QED) is 0.850. The van der Waals surface area contributed by atoms with Crippen LogP contribution in [0.15, 0.2) is 54.6 Å². The van der Waals surface area contributed by atoms with Crippen molar-refractivity contribution in [3.63, 3.8) is 0 Å². The molecule has 1 unspecified atom stereocenters. The Bertz CT molecular complexity index is 863. The molecule has 0 bridgehead atoms. The molecule has 1 fully saturated rings. The Labute approximate surface area is 166 Å². The Balaban J connectivity index is 1.56. The molecule has 1 atom stereocenters. The number of carbonyl (C=O) groups excluding carboxylic acids is 2. The SMILES string of the molecule is NC(Cc1cccc(C(F)(F)F)c1)C(=O)N1CCN(C(=O)c2ccccc2)CC1. The predicted molar refractivity (Wildman–Crippen MR) is 102 cm³/mol. The van der Waals surface area contributed by atoms with E-state index in [9.17, 15) is 22.8 Å². The van der Waals surface area contributed by atoms with E-state index in [2.05, 4.69) is 0 Å². The zero-order valence-electron chi connectivity index (χ0n) is 15.7. The number of rotatable bonds is 4. The van der Waals surface area contributed by atoms with Gasteiger partial charge in [-0.25, -0.2) is 0 Å². The second-order valence-corrected chi connectivity index (χ2v) is 6.99. The fraction of sp³-hybridized carbons (Fsp3) is 0.333. The van der Waals surface area contributed by atoms with E-state index >= 15 is 0 Å². The van der Waals surface area contributed by atoms with Crippen LogP contribution in [0.5, 0.6) is 0 Å². The second-order valence-electron chi connectivity index (χ2n) is 6.99. The predicted octanol–water partition coefficient (Wildman–Crippen LogP) is 2.56. The van der Waals surface area contributed by atoms with Crippen LogP contribution in [0, 0.1) is 0 Å². The zero-order chi connectivity index (χ0) is 21.0. The molecule has 1 aliphatic heterocycles. The van der Waals surface area contributed by atoms with Gasteiger partial charge in [0.25, 0.3) is 5.91 Å². The summed E-state index contributed by atoms with van der Waals surface area (Å²) < 4.78 is 38.5. The Morgan fingerprint density at radius 1 is 0.931 bits per heavy atom. The van der Waals surface area contributed by atoms with Gasteiger partial charge < -0.3 is 15.5 Å². The minimum absolute atomic E-state index is 0.0198. The van der Waals surface area contributed by atoms with Crippen molar-refractivity contribution in [2.45, 2.75) is 18.6 Å². The number of carbonyl (C=O) groups is 2. The van der Waals surface area contributed by atoms with Gasteiger partial charge >= 0.3 is 6.18 Å². The van der Waals surface area contributed by atoms with Gasteiger partial charge in [0.15, 0.2) is 0 Å². The van der Waals surface area contributed by atoms with Crippen LogP contribution >= 0.6 is 0 Å². The van der Waals surface area contributed by atoms with Crippen molar-refractivity contribution in [2.75, 3.05) is 26.2 Å². The summed E-state index contributed by atoms with van der Waals surface area (Å²) in [7, 11) is 0. The van der Waals surface area contributed by atoms with Crippen molar-refractivity contribution in [1.82, 2.24) is 9.80 Å². The van der Waals surface area contributed by atoms with Crippen LogP contribution in [0.25, 0.3) is 0 Å². The topological polar surface area (TPSA) is 66.6 Å². The van der Waals surface area contributed by atoms with Gasteiger partial charge in [-0.3, -0.25) is 9.59 Å². The molecule has 0 spiro atoms. The maximum Gasteiger partial charge on any atom is 0.416 e. The lowest BCUT2D eigenvalue weighted by atomic mass is 10.0. The Morgan fingerprint density at radius 3 is 2.17 bits per heavy atom. The highest BCUT2D eigenvalue weighted by Gasteiger charge is 2.31. The molecule has 2 aromatic rings. The standard InChI is InChI=1S/C21H22F3N3O2/c22-21(23,24)17-8-4-5-15(13-17)14-18(25)20(29)27-11-9-26(10-12-27)19(28)16-6-2-1-3-7-16/h1-8,13,18H,9-12,14,25H2. The molecule has 2 amide bonds. The first-order valence-corrected chi connectivity index (χ1v) is 9.30. The number of benzene rings is 2. The molecule has 1 saturated heterocycles. The molecule has 2 N–H and O–H groups in total. The summed E-state index contributed by atoms with van der Waals surface area (Å²) >= 11 is 0. The van der Waals surface area contributed by atoms with Crippen LogP contribution < -0.4 is 5.73 Å². The maximum atomic E-state index is 12.8. The number of nitrogens with two attached hydrogens (primary N) is 1. The zero-order valence-corrected chi connectivity index (χ0v) is 15.7. The van der Waals surface area contributed by atoms with Crippen LogP contribution in [0.3, 0.4) is 0 Å². The first kappa shape index (κ1) is 20.9. The fourth-order valence-corrected chi connectivity index (χ4v) is 3.34. The minimum Gasteiger partial charge on any atom is -0.338 e. The molecule has 1 aliphatic rings. The number of alkyl halides is 3. The number of piperazine rings is 1. The molecular weight excluding hydrogens is 383 g/mol. The molecular formula is C21H22F3N3O2. The van der Waals surface area contributed by atoms with Crippen LogP contribution in [0.2, 0.25) is 0 Å². The molecule has 2 aromatic carbocycles. The van der Waals surface area contributed by atoms with Gasteiger partial charge in [-0.15, -0.1) is 0 Å². The first-order chi connectivity index (χ1) is 13.8. The Morgan fingerprint density at radius 2 is 1.55 bits per heavy atom. The van der Waals surface area contributed by atoms with Crippen molar-refractivity contribution in [2.24, 2.45) is 5.73 Å². The number of nitrogens with zero attached hydrogens (tertiary/aromatic N) is 2. The van der Waals surface area contributed by atoms with E-state index in [1.54, 1.807) is 34.1 Å². The lowest BCUT2D eigenvalue weighted by Gasteiger charge is -2.36. The summed E-state index contributed by atoms with van der Waals surface area (Å²) in [4.78, 5) is 28.3. The van der Waals surface area contributed by atoms with E-state index in [1.165, 1.54) is 12.1 Å². The number of amides is 2. The van der Waals surface area contributed by atoms with Gasteiger partial charge in [0, 0.05) is 31.7 Å².